The highest BCUT2D eigenvalue weighted by molar-refractivity contribution is 5.21. The number of hydrogen-bond acceptors (Lipinski definition) is 0. The van der Waals surface area contributed by atoms with Gasteiger partial charge in [0.25, 0.3) is 0 Å². The lowest BCUT2D eigenvalue weighted by Crippen LogP contribution is -1.93. The molecule has 74 valence electrons. The van der Waals surface area contributed by atoms with Crippen LogP contribution in [0.1, 0.15) is 58.8 Å². The molecular formula is C13H22. The Labute approximate surface area is 82.7 Å². The third kappa shape index (κ3) is 3.80. The van der Waals surface area contributed by atoms with E-state index in [-0.39, 0.29) is 0 Å². The molecule has 1 aliphatic carbocycles. The molecule has 1 rings (SSSR count). The molecule has 0 saturated carbocycles. The lowest BCUT2D eigenvalue weighted by atomic mass is 9.93. The molecule has 0 aromatic rings. The second kappa shape index (κ2) is 6.01. The van der Waals surface area contributed by atoms with Crippen LogP contribution < -0.4 is 0 Å². The van der Waals surface area contributed by atoms with Crippen molar-refractivity contribution in [2.75, 3.05) is 0 Å². The summed E-state index contributed by atoms with van der Waals surface area (Å²) >= 11 is 0. The molecular weight excluding hydrogens is 156 g/mol. The summed E-state index contributed by atoms with van der Waals surface area (Å²) in [4.78, 5) is 0. The Kier molecular flexibility index (Phi) is 4.88. The van der Waals surface area contributed by atoms with Crippen molar-refractivity contribution < 1.29 is 0 Å². The van der Waals surface area contributed by atoms with E-state index in [2.05, 4.69) is 26.0 Å². The minimum Gasteiger partial charge on any atom is -0.0812 e. The first-order valence-electron chi connectivity index (χ1n) is 5.72. The predicted molar refractivity (Wildman–Crippen MR) is 59.8 cm³/mol. The average molecular weight is 178 g/mol. The maximum atomic E-state index is 2.43. The Bertz CT molecular complexity index is 196. The van der Waals surface area contributed by atoms with Crippen molar-refractivity contribution in [3.8, 4) is 0 Å². The van der Waals surface area contributed by atoms with Crippen LogP contribution in [-0.4, -0.2) is 0 Å². The quantitative estimate of drug-likeness (QED) is 0.425. The molecule has 1 aliphatic rings. The van der Waals surface area contributed by atoms with Crippen LogP contribution in [0.4, 0.5) is 0 Å². The average Bonchev–Trinajstić information content (AvgIpc) is 2.19. The number of hydrogen-bond donors (Lipinski definition) is 0. The molecule has 0 saturated heterocycles. The normalized spacial score (nSPS) is 16.8. The van der Waals surface area contributed by atoms with Crippen LogP contribution in [0.5, 0.6) is 0 Å². The van der Waals surface area contributed by atoms with Gasteiger partial charge in [0.15, 0.2) is 0 Å². The molecule has 13 heavy (non-hydrogen) atoms. The second-order valence-corrected chi connectivity index (χ2v) is 3.95. The monoisotopic (exact) mass is 178 g/mol. The minimum atomic E-state index is 1.19. The van der Waals surface area contributed by atoms with Gasteiger partial charge in [0.05, 0.1) is 0 Å². The molecule has 0 unspecified atom stereocenters. The Balaban J connectivity index is 2.24. The van der Waals surface area contributed by atoms with Gasteiger partial charge < -0.3 is 0 Å². The maximum Gasteiger partial charge on any atom is -0.0108 e. The fourth-order valence-corrected chi connectivity index (χ4v) is 1.89. The fraction of sp³-hybridized carbons (Fsp3) is 0.692. The van der Waals surface area contributed by atoms with Crippen molar-refractivity contribution in [1.82, 2.24) is 0 Å². The van der Waals surface area contributed by atoms with Crippen molar-refractivity contribution in [1.29, 1.82) is 0 Å². The summed E-state index contributed by atoms with van der Waals surface area (Å²) < 4.78 is 0. The molecule has 0 atom stereocenters. The van der Waals surface area contributed by atoms with E-state index in [1.54, 1.807) is 11.1 Å². The Morgan fingerprint density at radius 2 is 1.85 bits per heavy atom. The van der Waals surface area contributed by atoms with Crippen molar-refractivity contribution in [2.45, 2.75) is 58.8 Å². The summed E-state index contributed by atoms with van der Waals surface area (Å²) in [6, 6.07) is 0. The predicted octanol–water partition coefficient (Wildman–Crippen LogP) is 4.62. The zero-order valence-corrected chi connectivity index (χ0v) is 9.10. The summed E-state index contributed by atoms with van der Waals surface area (Å²) in [5, 5.41) is 0. The van der Waals surface area contributed by atoms with Crippen LogP contribution in [0, 0.1) is 0 Å². The van der Waals surface area contributed by atoms with Crippen molar-refractivity contribution in [3.05, 3.63) is 23.3 Å². The minimum absolute atomic E-state index is 1.19. The SMILES string of the molecule is CCCCCC1=CCC=C(CC)C1. The van der Waals surface area contributed by atoms with E-state index in [4.69, 9.17) is 0 Å². The molecule has 0 radical (unpaired) electrons. The summed E-state index contributed by atoms with van der Waals surface area (Å²) in [5.41, 5.74) is 3.33. The first-order valence-corrected chi connectivity index (χ1v) is 5.72. The van der Waals surface area contributed by atoms with E-state index in [0.717, 1.165) is 0 Å². The highest BCUT2D eigenvalue weighted by atomic mass is 14.1. The van der Waals surface area contributed by atoms with E-state index in [1.807, 2.05) is 0 Å². The Hall–Kier alpha value is -0.520. The molecule has 0 heteroatoms. The van der Waals surface area contributed by atoms with Crippen LogP contribution in [0.15, 0.2) is 23.3 Å². The third-order valence-corrected chi connectivity index (χ3v) is 2.82. The molecule has 0 bridgehead atoms. The van der Waals surface area contributed by atoms with E-state index in [1.165, 1.54) is 44.9 Å². The van der Waals surface area contributed by atoms with Gasteiger partial charge in [0.1, 0.15) is 0 Å². The van der Waals surface area contributed by atoms with Gasteiger partial charge in [-0.25, -0.2) is 0 Å². The zero-order valence-electron chi connectivity index (χ0n) is 9.10. The lowest BCUT2D eigenvalue weighted by Gasteiger charge is -2.13. The largest absolute Gasteiger partial charge is 0.0812 e. The van der Waals surface area contributed by atoms with E-state index < -0.39 is 0 Å². The van der Waals surface area contributed by atoms with Crippen LogP contribution in [0.2, 0.25) is 0 Å². The third-order valence-electron chi connectivity index (χ3n) is 2.82. The Morgan fingerprint density at radius 3 is 2.54 bits per heavy atom. The number of allylic oxidation sites excluding steroid dienone is 4. The van der Waals surface area contributed by atoms with Gasteiger partial charge in [0, 0.05) is 0 Å². The van der Waals surface area contributed by atoms with Crippen LogP contribution >= 0.6 is 0 Å². The van der Waals surface area contributed by atoms with Gasteiger partial charge in [-0.1, -0.05) is 50.0 Å². The molecule has 0 aliphatic heterocycles. The highest BCUT2D eigenvalue weighted by Gasteiger charge is 2.04. The summed E-state index contributed by atoms with van der Waals surface area (Å²) in [6.45, 7) is 4.54. The molecule has 0 nitrogen and oxygen atoms in total. The van der Waals surface area contributed by atoms with E-state index >= 15 is 0 Å². The van der Waals surface area contributed by atoms with Crippen molar-refractivity contribution in [2.24, 2.45) is 0 Å². The number of rotatable bonds is 5. The fourth-order valence-electron chi connectivity index (χ4n) is 1.89. The lowest BCUT2D eigenvalue weighted by molar-refractivity contribution is 0.697. The van der Waals surface area contributed by atoms with Crippen LogP contribution in [-0.2, 0) is 0 Å². The molecule has 0 aromatic heterocycles. The highest BCUT2D eigenvalue weighted by Crippen LogP contribution is 2.24. The van der Waals surface area contributed by atoms with Gasteiger partial charge in [-0.15, -0.1) is 0 Å². The van der Waals surface area contributed by atoms with Crippen LogP contribution in [0.25, 0.3) is 0 Å². The summed E-state index contributed by atoms with van der Waals surface area (Å²) in [7, 11) is 0. The molecule has 0 spiro atoms. The van der Waals surface area contributed by atoms with Gasteiger partial charge in [-0.2, -0.15) is 0 Å². The van der Waals surface area contributed by atoms with E-state index in [0.29, 0.717) is 0 Å². The van der Waals surface area contributed by atoms with Gasteiger partial charge in [-0.3, -0.25) is 0 Å². The smallest absolute Gasteiger partial charge is 0.0108 e. The molecule has 0 N–H and O–H groups in total. The standard InChI is InChI=1S/C13H22/c1-3-5-6-8-13-10-7-9-12(4-2)11-13/h9-10H,3-8,11H2,1-2H3. The molecule has 0 amide bonds. The van der Waals surface area contributed by atoms with Gasteiger partial charge in [-0.05, 0) is 32.1 Å². The second-order valence-electron chi connectivity index (χ2n) is 3.95. The number of unbranched alkanes of at least 4 members (excludes halogenated alkanes) is 2. The molecule has 0 fully saturated rings. The van der Waals surface area contributed by atoms with Gasteiger partial charge in [0.2, 0.25) is 0 Å². The maximum absolute atomic E-state index is 2.43. The topological polar surface area (TPSA) is 0 Å². The molecule has 0 heterocycles. The van der Waals surface area contributed by atoms with Crippen molar-refractivity contribution >= 4 is 0 Å². The van der Waals surface area contributed by atoms with Crippen LogP contribution in [0.3, 0.4) is 0 Å². The first kappa shape index (κ1) is 10.6. The Morgan fingerprint density at radius 1 is 1.08 bits per heavy atom. The summed E-state index contributed by atoms with van der Waals surface area (Å²) in [6.07, 6.45) is 14.0. The van der Waals surface area contributed by atoms with Crippen molar-refractivity contribution in [3.63, 3.8) is 0 Å². The summed E-state index contributed by atoms with van der Waals surface area (Å²) in [5.74, 6) is 0. The molecule has 0 aromatic carbocycles. The van der Waals surface area contributed by atoms with Gasteiger partial charge >= 0.3 is 0 Å². The first-order chi connectivity index (χ1) is 6.36. The van der Waals surface area contributed by atoms with E-state index in [9.17, 15) is 0 Å². The zero-order chi connectivity index (χ0) is 9.52.